The van der Waals surface area contributed by atoms with E-state index in [2.05, 4.69) is 9.97 Å². The molecule has 0 radical (unpaired) electrons. The molecule has 0 amide bonds. The lowest BCUT2D eigenvalue weighted by molar-refractivity contribution is 0.629. The molecule has 0 aliphatic carbocycles. The van der Waals surface area contributed by atoms with E-state index in [1.54, 1.807) is 24.5 Å². The summed E-state index contributed by atoms with van der Waals surface area (Å²) in [5, 5.41) is 0.952. The van der Waals surface area contributed by atoms with Crippen LogP contribution in [-0.2, 0) is 0 Å². The Morgan fingerprint density at radius 2 is 1.59 bits per heavy atom. The fourth-order valence-corrected chi connectivity index (χ4v) is 2.62. The molecule has 2 aromatic carbocycles. The maximum absolute atomic E-state index is 13.7. The van der Waals surface area contributed by atoms with Gasteiger partial charge in [-0.05, 0) is 35.9 Å². The van der Waals surface area contributed by atoms with Crippen molar-refractivity contribution in [3.05, 3.63) is 78.9 Å². The second-order valence-electron chi connectivity index (χ2n) is 4.98. The molecule has 0 aliphatic heterocycles. The standard InChI is InChI=1S/C18H12FN3/c19-15-8-7-14-11-16(13-5-2-1-3-6-13)22(17(14)12-15)18-20-9-4-10-21-18/h1-12H. The molecule has 4 heteroatoms. The molecule has 4 rings (SSSR count). The molecule has 0 fully saturated rings. The van der Waals surface area contributed by atoms with E-state index in [1.165, 1.54) is 12.1 Å². The van der Waals surface area contributed by atoms with Crippen LogP contribution >= 0.6 is 0 Å². The first-order chi connectivity index (χ1) is 10.8. The quantitative estimate of drug-likeness (QED) is 0.553. The molecule has 0 saturated heterocycles. The van der Waals surface area contributed by atoms with Crippen molar-refractivity contribution in [2.45, 2.75) is 0 Å². The lowest BCUT2D eigenvalue weighted by Crippen LogP contribution is -2.01. The third kappa shape index (κ3) is 2.05. The van der Waals surface area contributed by atoms with Gasteiger partial charge in [0.15, 0.2) is 0 Å². The van der Waals surface area contributed by atoms with E-state index in [-0.39, 0.29) is 5.82 Å². The van der Waals surface area contributed by atoms with Gasteiger partial charge in [0.2, 0.25) is 5.95 Å². The van der Waals surface area contributed by atoms with E-state index in [0.717, 1.165) is 22.2 Å². The molecule has 0 N–H and O–H groups in total. The van der Waals surface area contributed by atoms with Gasteiger partial charge in [0.1, 0.15) is 5.82 Å². The Morgan fingerprint density at radius 3 is 2.36 bits per heavy atom. The van der Waals surface area contributed by atoms with E-state index in [0.29, 0.717) is 5.95 Å². The number of fused-ring (bicyclic) bond motifs is 1. The van der Waals surface area contributed by atoms with Crippen LogP contribution in [0.5, 0.6) is 0 Å². The van der Waals surface area contributed by atoms with Gasteiger partial charge in [-0.3, -0.25) is 4.57 Å². The highest BCUT2D eigenvalue weighted by Crippen LogP contribution is 2.30. The van der Waals surface area contributed by atoms with Crippen LogP contribution in [0.15, 0.2) is 73.1 Å². The monoisotopic (exact) mass is 289 g/mol. The van der Waals surface area contributed by atoms with Gasteiger partial charge >= 0.3 is 0 Å². The van der Waals surface area contributed by atoms with Crippen molar-refractivity contribution in [3.8, 4) is 17.2 Å². The lowest BCUT2D eigenvalue weighted by atomic mass is 10.1. The second-order valence-corrected chi connectivity index (χ2v) is 4.98. The highest BCUT2D eigenvalue weighted by molar-refractivity contribution is 5.88. The van der Waals surface area contributed by atoms with Gasteiger partial charge in [-0.15, -0.1) is 0 Å². The number of rotatable bonds is 2. The van der Waals surface area contributed by atoms with Crippen molar-refractivity contribution in [3.63, 3.8) is 0 Å². The van der Waals surface area contributed by atoms with Gasteiger partial charge in [0, 0.05) is 17.8 Å². The Morgan fingerprint density at radius 1 is 0.818 bits per heavy atom. The Hall–Kier alpha value is -3.01. The van der Waals surface area contributed by atoms with E-state index in [4.69, 9.17) is 0 Å². The minimum atomic E-state index is -0.276. The maximum atomic E-state index is 13.7. The van der Waals surface area contributed by atoms with Crippen molar-refractivity contribution in [2.24, 2.45) is 0 Å². The largest absolute Gasteiger partial charge is 0.278 e. The van der Waals surface area contributed by atoms with Gasteiger partial charge in [-0.2, -0.15) is 0 Å². The smallest absolute Gasteiger partial charge is 0.234 e. The van der Waals surface area contributed by atoms with Crippen LogP contribution in [0.1, 0.15) is 0 Å². The summed E-state index contributed by atoms with van der Waals surface area (Å²) in [4.78, 5) is 8.63. The van der Waals surface area contributed by atoms with Gasteiger partial charge in [-0.1, -0.05) is 30.3 Å². The summed E-state index contributed by atoms with van der Waals surface area (Å²) < 4.78 is 15.6. The van der Waals surface area contributed by atoms with Crippen molar-refractivity contribution in [1.82, 2.24) is 14.5 Å². The molecule has 22 heavy (non-hydrogen) atoms. The highest BCUT2D eigenvalue weighted by Gasteiger charge is 2.14. The van der Waals surface area contributed by atoms with Gasteiger partial charge in [0.05, 0.1) is 11.2 Å². The van der Waals surface area contributed by atoms with Crippen molar-refractivity contribution in [2.75, 3.05) is 0 Å². The van der Waals surface area contributed by atoms with Crippen molar-refractivity contribution < 1.29 is 4.39 Å². The minimum absolute atomic E-state index is 0.276. The third-order valence-corrected chi connectivity index (χ3v) is 3.59. The molecule has 2 heterocycles. The SMILES string of the molecule is Fc1ccc2cc(-c3ccccc3)n(-c3ncccn3)c2c1. The number of aromatic nitrogens is 3. The number of hydrogen-bond donors (Lipinski definition) is 0. The molecular weight excluding hydrogens is 277 g/mol. The fourth-order valence-electron chi connectivity index (χ4n) is 2.62. The number of benzene rings is 2. The lowest BCUT2D eigenvalue weighted by Gasteiger charge is -2.08. The Balaban J connectivity index is 2.08. The number of halogens is 1. The van der Waals surface area contributed by atoms with Gasteiger partial charge < -0.3 is 0 Å². The van der Waals surface area contributed by atoms with E-state index in [1.807, 2.05) is 41.0 Å². The summed E-state index contributed by atoms with van der Waals surface area (Å²) in [5.74, 6) is 0.254. The summed E-state index contributed by atoms with van der Waals surface area (Å²) >= 11 is 0. The Kier molecular flexibility index (Phi) is 2.93. The van der Waals surface area contributed by atoms with E-state index in [9.17, 15) is 4.39 Å². The molecule has 0 bridgehead atoms. The van der Waals surface area contributed by atoms with Crippen LogP contribution in [0.2, 0.25) is 0 Å². The van der Waals surface area contributed by atoms with Crippen LogP contribution in [0.4, 0.5) is 4.39 Å². The van der Waals surface area contributed by atoms with Crippen LogP contribution < -0.4 is 0 Å². The third-order valence-electron chi connectivity index (χ3n) is 3.59. The van der Waals surface area contributed by atoms with Crippen molar-refractivity contribution in [1.29, 1.82) is 0 Å². The molecular formula is C18H12FN3. The predicted octanol–water partition coefficient (Wildman–Crippen LogP) is 4.23. The van der Waals surface area contributed by atoms with Crippen LogP contribution in [0.25, 0.3) is 28.1 Å². The molecule has 106 valence electrons. The van der Waals surface area contributed by atoms with E-state index < -0.39 is 0 Å². The predicted molar refractivity (Wildman–Crippen MR) is 84.3 cm³/mol. The molecule has 0 unspecified atom stereocenters. The second kappa shape index (κ2) is 5.07. The summed E-state index contributed by atoms with van der Waals surface area (Å²) in [5.41, 5.74) is 2.73. The zero-order valence-electron chi connectivity index (χ0n) is 11.6. The average molecular weight is 289 g/mol. The first-order valence-electron chi connectivity index (χ1n) is 6.97. The first kappa shape index (κ1) is 12.7. The van der Waals surface area contributed by atoms with Crippen molar-refractivity contribution >= 4 is 10.9 Å². The van der Waals surface area contributed by atoms with Gasteiger partial charge in [-0.25, -0.2) is 14.4 Å². The molecule has 0 saturated carbocycles. The fraction of sp³-hybridized carbons (Fsp3) is 0. The zero-order valence-corrected chi connectivity index (χ0v) is 11.6. The van der Waals surface area contributed by atoms with Gasteiger partial charge in [0.25, 0.3) is 0 Å². The summed E-state index contributed by atoms with van der Waals surface area (Å²) in [7, 11) is 0. The molecule has 0 atom stereocenters. The number of nitrogens with zero attached hydrogens (tertiary/aromatic N) is 3. The molecule has 2 aromatic heterocycles. The molecule has 3 nitrogen and oxygen atoms in total. The zero-order chi connectivity index (χ0) is 14.9. The maximum Gasteiger partial charge on any atom is 0.234 e. The Bertz CT molecular complexity index is 931. The molecule has 0 spiro atoms. The normalized spacial score (nSPS) is 11.0. The highest BCUT2D eigenvalue weighted by atomic mass is 19.1. The summed E-state index contributed by atoms with van der Waals surface area (Å²) in [6, 6.07) is 18.5. The summed E-state index contributed by atoms with van der Waals surface area (Å²) in [6.45, 7) is 0. The molecule has 4 aromatic rings. The van der Waals surface area contributed by atoms with Crippen LogP contribution in [0.3, 0.4) is 0 Å². The van der Waals surface area contributed by atoms with E-state index >= 15 is 0 Å². The number of hydrogen-bond acceptors (Lipinski definition) is 2. The minimum Gasteiger partial charge on any atom is -0.278 e. The van der Waals surface area contributed by atoms with Crippen LogP contribution in [-0.4, -0.2) is 14.5 Å². The topological polar surface area (TPSA) is 30.7 Å². The molecule has 0 aliphatic rings. The Labute approximate surface area is 126 Å². The average Bonchev–Trinajstić information content (AvgIpc) is 2.95. The van der Waals surface area contributed by atoms with Crippen LogP contribution in [0, 0.1) is 5.82 Å². The first-order valence-corrected chi connectivity index (χ1v) is 6.97. The summed E-state index contributed by atoms with van der Waals surface area (Å²) in [6.07, 6.45) is 3.37.